The van der Waals surface area contributed by atoms with Crippen molar-refractivity contribution >= 4 is 5.91 Å². The Morgan fingerprint density at radius 3 is 2.88 bits per heavy atom. The third kappa shape index (κ3) is 2.93. The fraction of sp³-hybridized carbons (Fsp3) is 0.364. The molecule has 0 heterocycles. The number of hydrogen-bond donors (Lipinski definition) is 2. The molecule has 5 heteroatoms. The first-order chi connectivity index (χ1) is 7.56. The summed E-state index contributed by atoms with van der Waals surface area (Å²) in [6.07, 6.45) is 0. The van der Waals surface area contributed by atoms with Crippen molar-refractivity contribution in [2.24, 2.45) is 5.73 Å². The molecule has 0 saturated carbocycles. The molecule has 4 nitrogen and oxygen atoms in total. The first kappa shape index (κ1) is 12.4. The van der Waals surface area contributed by atoms with Crippen LogP contribution in [0.3, 0.4) is 0 Å². The van der Waals surface area contributed by atoms with Crippen molar-refractivity contribution in [1.29, 1.82) is 0 Å². The van der Waals surface area contributed by atoms with Gasteiger partial charge < -0.3 is 15.8 Å². The number of primary amides is 1. The first-order valence-electron chi connectivity index (χ1n) is 4.90. The largest absolute Gasteiger partial charge is 0.488 e. The predicted octanol–water partition coefficient (Wildman–Crippen LogP) is 0.586. The van der Waals surface area contributed by atoms with Gasteiger partial charge in [0.15, 0.2) is 11.6 Å². The number of nitrogens with one attached hydrogen (secondary N) is 1. The molecule has 16 heavy (non-hydrogen) atoms. The fourth-order valence-electron chi connectivity index (χ4n) is 1.21. The fourth-order valence-corrected chi connectivity index (χ4v) is 1.21. The molecule has 1 aromatic carbocycles. The van der Waals surface area contributed by atoms with E-state index in [2.05, 4.69) is 5.32 Å². The van der Waals surface area contributed by atoms with E-state index in [9.17, 15) is 9.18 Å². The Labute approximate surface area is 93.6 Å². The number of aryl methyl sites for hydroxylation is 1. The highest BCUT2D eigenvalue weighted by molar-refractivity contribution is 5.79. The Morgan fingerprint density at radius 2 is 2.31 bits per heavy atom. The van der Waals surface area contributed by atoms with Crippen molar-refractivity contribution in [3.63, 3.8) is 0 Å². The van der Waals surface area contributed by atoms with Crippen LogP contribution in [0.1, 0.15) is 5.56 Å². The summed E-state index contributed by atoms with van der Waals surface area (Å²) in [5.41, 5.74) is 5.60. The topological polar surface area (TPSA) is 64.3 Å². The van der Waals surface area contributed by atoms with Crippen molar-refractivity contribution in [2.75, 3.05) is 13.7 Å². The number of likely N-dealkylation sites (N-methyl/N-ethyl adjacent to an activating group) is 1. The number of amides is 1. The lowest BCUT2D eigenvalue weighted by atomic mass is 10.2. The first-order valence-corrected chi connectivity index (χ1v) is 4.90. The van der Waals surface area contributed by atoms with Gasteiger partial charge in [-0.2, -0.15) is 0 Å². The van der Waals surface area contributed by atoms with E-state index in [1.54, 1.807) is 26.1 Å². The molecule has 0 aliphatic rings. The van der Waals surface area contributed by atoms with Crippen molar-refractivity contribution in [3.05, 3.63) is 29.6 Å². The highest BCUT2D eigenvalue weighted by Gasteiger charge is 2.14. The van der Waals surface area contributed by atoms with E-state index in [0.717, 1.165) is 0 Å². The molecular weight excluding hydrogens is 211 g/mol. The van der Waals surface area contributed by atoms with Crippen LogP contribution < -0.4 is 15.8 Å². The number of benzene rings is 1. The number of ether oxygens (including phenoxy) is 1. The third-order valence-corrected chi connectivity index (χ3v) is 2.25. The molecule has 0 aliphatic carbocycles. The average molecular weight is 226 g/mol. The zero-order valence-electron chi connectivity index (χ0n) is 9.29. The zero-order chi connectivity index (χ0) is 12.1. The molecule has 1 amide bonds. The minimum Gasteiger partial charge on any atom is -0.488 e. The minimum absolute atomic E-state index is 0.00616. The van der Waals surface area contributed by atoms with Crippen LogP contribution in [-0.4, -0.2) is 25.6 Å². The molecule has 0 saturated heterocycles. The van der Waals surface area contributed by atoms with Crippen LogP contribution in [0.5, 0.6) is 5.75 Å². The Balaban J connectivity index is 2.67. The molecule has 3 N–H and O–H groups in total. The summed E-state index contributed by atoms with van der Waals surface area (Å²) in [5, 5.41) is 2.68. The third-order valence-electron chi connectivity index (χ3n) is 2.25. The summed E-state index contributed by atoms with van der Waals surface area (Å²) < 4.78 is 18.7. The van der Waals surface area contributed by atoms with Crippen LogP contribution in [0, 0.1) is 12.7 Å². The van der Waals surface area contributed by atoms with Gasteiger partial charge in [0.05, 0.1) is 0 Å². The number of carbonyl (C=O) groups is 1. The normalized spacial score (nSPS) is 12.2. The van der Waals surface area contributed by atoms with E-state index in [-0.39, 0.29) is 12.4 Å². The predicted molar refractivity (Wildman–Crippen MR) is 58.7 cm³/mol. The summed E-state index contributed by atoms with van der Waals surface area (Å²) in [7, 11) is 1.59. The molecule has 0 aliphatic heterocycles. The second-order valence-electron chi connectivity index (χ2n) is 3.44. The molecule has 1 unspecified atom stereocenters. The summed E-state index contributed by atoms with van der Waals surface area (Å²) in [5.74, 6) is -0.820. The number of nitrogens with two attached hydrogens (primary N) is 1. The Kier molecular flexibility index (Phi) is 4.25. The van der Waals surface area contributed by atoms with Gasteiger partial charge in [-0.1, -0.05) is 12.1 Å². The minimum atomic E-state index is -0.625. The second-order valence-corrected chi connectivity index (χ2v) is 3.44. The monoisotopic (exact) mass is 226 g/mol. The van der Waals surface area contributed by atoms with Gasteiger partial charge in [0.1, 0.15) is 12.6 Å². The average Bonchev–Trinajstić information content (AvgIpc) is 2.24. The van der Waals surface area contributed by atoms with E-state index in [0.29, 0.717) is 5.56 Å². The molecule has 88 valence electrons. The smallest absolute Gasteiger partial charge is 0.238 e. The van der Waals surface area contributed by atoms with Crippen LogP contribution in [0.4, 0.5) is 4.39 Å². The highest BCUT2D eigenvalue weighted by Crippen LogP contribution is 2.19. The summed E-state index contributed by atoms with van der Waals surface area (Å²) in [4.78, 5) is 10.9. The molecule has 1 rings (SSSR count). The summed E-state index contributed by atoms with van der Waals surface area (Å²) in [6, 6.07) is 4.22. The van der Waals surface area contributed by atoms with E-state index in [4.69, 9.17) is 10.5 Å². The van der Waals surface area contributed by atoms with Crippen LogP contribution >= 0.6 is 0 Å². The van der Waals surface area contributed by atoms with Crippen molar-refractivity contribution in [2.45, 2.75) is 13.0 Å². The molecule has 0 spiro atoms. The van der Waals surface area contributed by atoms with Gasteiger partial charge in [0.2, 0.25) is 5.91 Å². The van der Waals surface area contributed by atoms with Gasteiger partial charge in [-0.25, -0.2) is 4.39 Å². The lowest BCUT2D eigenvalue weighted by Gasteiger charge is -2.14. The van der Waals surface area contributed by atoms with E-state index >= 15 is 0 Å². The number of hydrogen-bond acceptors (Lipinski definition) is 3. The van der Waals surface area contributed by atoms with Crippen LogP contribution in [-0.2, 0) is 4.79 Å². The lowest BCUT2D eigenvalue weighted by molar-refractivity contribution is -0.120. The van der Waals surface area contributed by atoms with Crippen molar-refractivity contribution < 1.29 is 13.9 Å². The van der Waals surface area contributed by atoms with E-state index in [1.165, 1.54) is 6.07 Å². The van der Waals surface area contributed by atoms with Gasteiger partial charge in [-0.3, -0.25) is 4.79 Å². The maximum Gasteiger partial charge on any atom is 0.238 e. The standard InChI is InChI=1S/C11H15FN2O2/c1-7-4-3-5-9(10(7)12)16-6-8(14-2)11(13)15/h3-5,8,14H,6H2,1-2H3,(H2,13,15). The highest BCUT2D eigenvalue weighted by atomic mass is 19.1. The van der Waals surface area contributed by atoms with Crippen LogP contribution in [0.15, 0.2) is 18.2 Å². The van der Waals surface area contributed by atoms with Gasteiger partial charge in [0.25, 0.3) is 0 Å². The lowest BCUT2D eigenvalue weighted by Crippen LogP contribution is -2.43. The van der Waals surface area contributed by atoms with Crippen LogP contribution in [0.25, 0.3) is 0 Å². The molecule has 1 atom stereocenters. The number of halogens is 1. The SMILES string of the molecule is CNC(COc1cccc(C)c1F)C(N)=O. The van der Waals surface area contributed by atoms with Crippen molar-refractivity contribution in [3.8, 4) is 5.75 Å². The van der Waals surface area contributed by atoms with E-state index in [1.807, 2.05) is 0 Å². The van der Waals surface area contributed by atoms with Crippen LogP contribution in [0.2, 0.25) is 0 Å². The molecule has 0 fully saturated rings. The van der Waals surface area contributed by atoms with E-state index < -0.39 is 17.8 Å². The Hall–Kier alpha value is -1.62. The molecule has 0 bridgehead atoms. The van der Waals surface area contributed by atoms with Gasteiger partial charge in [-0.05, 0) is 25.6 Å². The zero-order valence-corrected chi connectivity index (χ0v) is 9.29. The van der Waals surface area contributed by atoms with Crippen molar-refractivity contribution in [1.82, 2.24) is 5.32 Å². The quantitative estimate of drug-likeness (QED) is 0.772. The maximum absolute atomic E-state index is 13.5. The van der Waals surface area contributed by atoms with Gasteiger partial charge in [-0.15, -0.1) is 0 Å². The molecular formula is C11H15FN2O2. The number of rotatable bonds is 5. The summed E-state index contributed by atoms with van der Waals surface area (Å²) >= 11 is 0. The Bertz CT molecular complexity index is 382. The molecule has 0 radical (unpaired) electrons. The maximum atomic E-state index is 13.5. The molecule has 0 aromatic heterocycles. The van der Waals surface area contributed by atoms with Gasteiger partial charge >= 0.3 is 0 Å². The van der Waals surface area contributed by atoms with Gasteiger partial charge in [0, 0.05) is 0 Å². The summed E-state index contributed by atoms with van der Waals surface area (Å²) in [6.45, 7) is 1.65. The second kappa shape index (κ2) is 5.46. The number of carbonyl (C=O) groups excluding carboxylic acids is 1. The molecule has 1 aromatic rings. The Morgan fingerprint density at radius 1 is 1.62 bits per heavy atom.